The largest absolute Gasteiger partial charge is 0.493 e. The fraction of sp³-hybridized carbons (Fsp3) is 0.278. The van der Waals surface area contributed by atoms with Crippen molar-refractivity contribution in [3.63, 3.8) is 0 Å². The molecule has 0 atom stereocenters. The summed E-state index contributed by atoms with van der Waals surface area (Å²) in [5, 5.41) is 5.36. The maximum Gasteiger partial charge on any atom is 0.416 e. The molecule has 0 radical (unpaired) electrons. The van der Waals surface area contributed by atoms with E-state index >= 15 is 0 Å². The lowest BCUT2D eigenvalue weighted by Gasteiger charge is -2.11. The number of hydrogen-bond donors (Lipinski definition) is 2. The molecule has 8 heteroatoms. The predicted molar refractivity (Wildman–Crippen MR) is 91.3 cm³/mol. The molecule has 2 rings (SSSR count). The van der Waals surface area contributed by atoms with Crippen molar-refractivity contribution in [1.82, 2.24) is 5.32 Å². The standard InChI is InChI=1S/C18H19F3N2O3/c1-25-15-7-6-12(8-16(15)26-2)10-22-11-17(24)23-14-5-3-4-13(9-14)18(19,20)21/h3-9,22H,10-11H2,1-2H3,(H,23,24). The van der Waals surface area contributed by atoms with Crippen LogP contribution in [0.5, 0.6) is 11.5 Å². The fourth-order valence-electron chi connectivity index (χ4n) is 2.29. The summed E-state index contributed by atoms with van der Waals surface area (Å²) in [5.41, 5.74) is 0.154. The first kappa shape index (κ1) is 19.6. The van der Waals surface area contributed by atoms with Crippen molar-refractivity contribution in [3.05, 3.63) is 53.6 Å². The minimum absolute atomic E-state index is 0.0510. The fourth-order valence-corrected chi connectivity index (χ4v) is 2.29. The van der Waals surface area contributed by atoms with Crippen LogP contribution in [0.1, 0.15) is 11.1 Å². The molecular weight excluding hydrogens is 349 g/mol. The van der Waals surface area contributed by atoms with Crippen LogP contribution >= 0.6 is 0 Å². The molecule has 2 aromatic rings. The molecule has 1 amide bonds. The number of nitrogens with one attached hydrogen (secondary N) is 2. The molecule has 2 N–H and O–H groups in total. The highest BCUT2D eigenvalue weighted by Gasteiger charge is 2.30. The molecule has 2 aromatic carbocycles. The molecule has 140 valence electrons. The number of carbonyl (C=O) groups is 1. The molecule has 26 heavy (non-hydrogen) atoms. The van der Waals surface area contributed by atoms with Gasteiger partial charge < -0.3 is 20.1 Å². The molecule has 0 saturated carbocycles. The second kappa shape index (κ2) is 8.57. The van der Waals surface area contributed by atoms with Crippen molar-refractivity contribution in [3.8, 4) is 11.5 Å². The van der Waals surface area contributed by atoms with E-state index in [1.165, 1.54) is 26.4 Å². The molecule has 0 aliphatic rings. The van der Waals surface area contributed by atoms with Gasteiger partial charge in [-0.2, -0.15) is 13.2 Å². The summed E-state index contributed by atoms with van der Waals surface area (Å²) in [6.45, 7) is 0.334. The zero-order chi connectivity index (χ0) is 19.2. The van der Waals surface area contributed by atoms with Crippen LogP contribution in [0.2, 0.25) is 0 Å². The first-order chi connectivity index (χ1) is 12.3. The first-order valence-electron chi connectivity index (χ1n) is 7.72. The monoisotopic (exact) mass is 368 g/mol. The zero-order valence-electron chi connectivity index (χ0n) is 14.3. The highest BCUT2D eigenvalue weighted by molar-refractivity contribution is 5.92. The Balaban J connectivity index is 1.88. The highest BCUT2D eigenvalue weighted by Crippen LogP contribution is 2.30. The van der Waals surface area contributed by atoms with Crippen molar-refractivity contribution in [2.24, 2.45) is 0 Å². The van der Waals surface area contributed by atoms with E-state index in [0.29, 0.717) is 18.0 Å². The lowest BCUT2D eigenvalue weighted by molar-refractivity contribution is -0.137. The average Bonchev–Trinajstić information content (AvgIpc) is 2.61. The summed E-state index contributed by atoms with van der Waals surface area (Å²) >= 11 is 0. The van der Waals surface area contributed by atoms with E-state index in [1.54, 1.807) is 12.1 Å². The van der Waals surface area contributed by atoms with Crippen molar-refractivity contribution in [2.75, 3.05) is 26.1 Å². The number of benzene rings is 2. The molecule has 0 bridgehead atoms. The predicted octanol–water partition coefficient (Wildman–Crippen LogP) is 3.45. The van der Waals surface area contributed by atoms with Crippen molar-refractivity contribution in [1.29, 1.82) is 0 Å². The number of ether oxygens (including phenoxy) is 2. The van der Waals surface area contributed by atoms with Crippen LogP contribution in [-0.2, 0) is 17.5 Å². The third-order valence-electron chi connectivity index (χ3n) is 3.54. The topological polar surface area (TPSA) is 59.6 Å². The molecule has 0 heterocycles. The minimum Gasteiger partial charge on any atom is -0.493 e. The Labute approximate surface area is 149 Å². The number of hydrogen-bond acceptors (Lipinski definition) is 4. The summed E-state index contributed by atoms with van der Waals surface area (Å²) in [4.78, 5) is 11.9. The van der Waals surface area contributed by atoms with E-state index in [4.69, 9.17) is 9.47 Å². The average molecular weight is 368 g/mol. The number of methoxy groups -OCH3 is 2. The molecule has 0 aliphatic heterocycles. The Bertz CT molecular complexity index is 764. The summed E-state index contributed by atoms with van der Waals surface area (Å²) < 4.78 is 48.3. The van der Waals surface area contributed by atoms with E-state index in [0.717, 1.165) is 17.7 Å². The van der Waals surface area contributed by atoms with Gasteiger partial charge in [-0.05, 0) is 35.9 Å². The number of halogens is 3. The maximum absolute atomic E-state index is 12.7. The Hall–Kier alpha value is -2.74. The molecule has 0 fully saturated rings. The van der Waals surface area contributed by atoms with Crippen LogP contribution in [0, 0.1) is 0 Å². The number of alkyl halides is 3. The second-order valence-corrected chi connectivity index (χ2v) is 5.42. The van der Waals surface area contributed by atoms with Crippen molar-refractivity contribution < 1.29 is 27.4 Å². The normalized spacial score (nSPS) is 11.1. The number of amides is 1. The van der Waals surface area contributed by atoms with Gasteiger partial charge >= 0.3 is 6.18 Å². The minimum atomic E-state index is -4.45. The summed E-state index contributed by atoms with van der Waals surface area (Å²) in [7, 11) is 3.06. The summed E-state index contributed by atoms with van der Waals surface area (Å²) in [6, 6.07) is 9.84. The SMILES string of the molecule is COc1ccc(CNCC(=O)Nc2cccc(C(F)(F)F)c2)cc1OC. The quantitative estimate of drug-likeness (QED) is 0.786. The molecular formula is C18H19F3N2O3. The smallest absolute Gasteiger partial charge is 0.416 e. The van der Waals surface area contributed by atoms with Crippen LogP contribution in [-0.4, -0.2) is 26.7 Å². The third-order valence-corrected chi connectivity index (χ3v) is 3.54. The van der Waals surface area contributed by atoms with Crippen LogP contribution in [0.4, 0.5) is 18.9 Å². The Morgan fingerprint density at radius 1 is 1.04 bits per heavy atom. The Kier molecular flexibility index (Phi) is 6.46. The van der Waals surface area contributed by atoms with E-state index < -0.39 is 17.6 Å². The van der Waals surface area contributed by atoms with E-state index in [1.807, 2.05) is 6.07 Å². The maximum atomic E-state index is 12.7. The first-order valence-corrected chi connectivity index (χ1v) is 7.72. The lowest BCUT2D eigenvalue weighted by Crippen LogP contribution is -2.27. The summed E-state index contributed by atoms with van der Waals surface area (Å²) in [6.07, 6.45) is -4.45. The highest BCUT2D eigenvalue weighted by atomic mass is 19.4. The van der Waals surface area contributed by atoms with E-state index in [9.17, 15) is 18.0 Å². The number of rotatable bonds is 7. The third kappa shape index (κ3) is 5.38. The van der Waals surface area contributed by atoms with Crippen LogP contribution < -0.4 is 20.1 Å². The van der Waals surface area contributed by atoms with Gasteiger partial charge in [0.1, 0.15) is 0 Å². The van der Waals surface area contributed by atoms with Gasteiger partial charge in [0, 0.05) is 12.2 Å². The molecule has 0 unspecified atom stereocenters. The van der Waals surface area contributed by atoms with Gasteiger partial charge in [-0.3, -0.25) is 4.79 Å². The van der Waals surface area contributed by atoms with Crippen LogP contribution in [0.15, 0.2) is 42.5 Å². The van der Waals surface area contributed by atoms with Gasteiger partial charge in [0.15, 0.2) is 11.5 Å². The van der Waals surface area contributed by atoms with Gasteiger partial charge in [0.25, 0.3) is 0 Å². The van der Waals surface area contributed by atoms with Gasteiger partial charge in [0.2, 0.25) is 5.91 Å². The van der Waals surface area contributed by atoms with Crippen molar-refractivity contribution >= 4 is 11.6 Å². The summed E-state index contributed by atoms with van der Waals surface area (Å²) in [5.74, 6) is 0.726. The molecule has 0 aromatic heterocycles. The Morgan fingerprint density at radius 3 is 2.42 bits per heavy atom. The van der Waals surface area contributed by atoms with Crippen LogP contribution in [0.25, 0.3) is 0 Å². The van der Waals surface area contributed by atoms with Gasteiger partial charge in [-0.15, -0.1) is 0 Å². The van der Waals surface area contributed by atoms with Crippen LogP contribution in [0.3, 0.4) is 0 Å². The lowest BCUT2D eigenvalue weighted by atomic mass is 10.2. The Morgan fingerprint density at radius 2 is 1.77 bits per heavy atom. The number of carbonyl (C=O) groups excluding carboxylic acids is 1. The van der Waals surface area contributed by atoms with Crippen molar-refractivity contribution in [2.45, 2.75) is 12.7 Å². The second-order valence-electron chi connectivity index (χ2n) is 5.42. The van der Waals surface area contributed by atoms with Gasteiger partial charge in [-0.25, -0.2) is 0 Å². The zero-order valence-corrected chi connectivity index (χ0v) is 14.3. The molecule has 0 aliphatic carbocycles. The molecule has 5 nitrogen and oxygen atoms in total. The number of anilines is 1. The van der Waals surface area contributed by atoms with E-state index in [2.05, 4.69) is 10.6 Å². The van der Waals surface area contributed by atoms with Gasteiger partial charge in [-0.1, -0.05) is 12.1 Å². The van der Waals surface area contributed by atoms with Gasteiger partial charge in [0.05, 0.1) is 26.3 Å². The van der Waals surface area contributed by atoms with E-state index in [-0.39, 0.29) is 12.2 Å². The molecule has 0 spiro atoms. The molecule has 0 saturated heterocycles.